The van der Waals surface area contributed by atoms with E-state index in [0.717, 1.165) is 34.0 Å². The fourth-order valence-corrected chi connectivity index (χ4v) is 5.19. The molecule has 7 heteroatoms. The van der Waals surface area contributed by atoms with Gasteiger partial charge in [0.2, 0.25) is 0 Å². The third-order valence-corrected chi connectivity index (χ3v) is 7.23. The molecule has 1 heterocycles. The van der Waals surface area contributed by atoms with Crippen molar-refractivity contribution in [1.82, 2.24) is 0 Å². The molecule has 1 saturated heterocycles. The zero-order valence-corrected chi connectivity index (χ0v) is 18.8. The number of hydrogen-bond acceptors (Lipinski definition) is 6. The molecule has 168 valence electrons. The van der Waals surface area contributed by atoms with Crippen molar-refractivity contribution in [2.75, 3.05) is 6.61 Å². The van der Waals surface area contributed by atoms with Gasteiger partial charge in [-0.25, -0.2) is 0 Å². The highest BCUT2D eigenvalue weighted by molar-refractivity contribution is 8.00. The van der Waals surface area contributed by atoms with Crippen LogP contribution < -0.4 is 4.74 Å². The van der Waals surface area contributed by atoms with E-state index < -0.39 is 29.0 Å². The molecular weight excluding hydrogens is 448 g/mol. The minimum atomic E-state index is -1.40. The standard InChI is InChI=1S/C25H25ClO5S/c26-19-10-11-20(31-25-24(30)23(29)22(28)21(14-27)32-25)18(13-19)12-15-6-8-17(9-7-15)16-4-2-1-3-5-16/h1-11,13,21-25,27-30H,12,14H2. The summed E-state index contributed by atoms with van der Waals surface area (Å²) in [4.78, 5) is 0. The second-order valence-corrected chi connectivity index (χ2v) is 9.59. The van der Waals surface area contributed by atoms with Crippen molar-refractivity contribution in [1.29, 1.82) is 0 Å². The fourth-order valence-electron chi connectivity index (χ4n) is 3.76. The van der Waals surface area contributed by atoms with Crippen LogP contribution in [0.1, 0.15) is 11.1 Å². The Morgan fingerprint density at radius 3 is 2.19 bits per heavy atom. The van der Waals surface area contributed by atoms with Crippen molar-refractivity contribution < 1.29 is 25.2 Å². The van der Waals surface area contributed by atoms with E-state index in [1.165, 1.54) is 0 Å². The molecule has 1 aliphatic heterocycles. The van der Waals surface area contributed by atoms with Crippen LogP contribution >= 0.6 is 23.4 Å². The molecule has 0 aromatic heterocycles. The van der Waals surface area contributed by atoms with Crippen molar-refractivity contribution in [2.24, 2.45) is 0 Å². The number of rotatable bonds is 6. The molecule has 0 spiro atoms. The second-order valence-electron chi connectivity index (χ2n) is 7.81. The monoisotopic (exact) mass is 472 g/mol. The van der Waals surface area contributed by atoms with Crippen molar-refractivity contribution >= 4 is 23.4 Å². The van der Waals surface area contributed by atoms with Gasteiger partial charge in [-0.2, -0.15) is 0 Å². The number of aliphatic hydroxyl groups is 4. The molecule has 0 radical (unpaired) electrons. The maximum Gasteiger partial charge on any atom is 0.173 e. The Morgan fingerprint density at radius 1 is 0.812 bits per heavy atom. The first kappa shape index (κ1) is 23.1. The van der Waals surface area contributed by atoms with E-state index in [4.69, 9.17) is 16.3 Å². The number of thioether (sulfide) groups is 1. The van der Waals surface area contributed by atoms with E-state index >= 15 is 0 Å². The van der Waals surface area contributed by atoms with Crippen LogP contribution in [0.4, 0.5) is 0 Å². The Bertz CT molecular complexity index is 1030. The number of hydrogen-bond donors (Lipinski definition) is 4. The molecule has 4 N–H and O–H groups in total. The quantitative estimate of drug-likeness (QED) is 0.439. The Morgan fingerprint density at radius 2 is 1.50 bits per heavy atom. The van der Waals surface area contributed by atoms with Gasteiger partial charge in [-0.15, -0.1) is 11.8 Å². The average molecular weight is 473 g/mol. The van der Waals surface area contributed by atoms with Gasteiger partial charge in [0.1, 0.15) is 18.0 Å². The van der Waals surface area contributed by atoms with Crippen LogP contribution in [0.15, 0.2) is 72.8 Å². The topological polar surface area (TPSA) is 90.2 Å². The molecule has 5 unspecified atom stereocenters. The lowest BCUT2D eigenvalue weighted by molar-refractivity contribution is -0.0910. The zero-order chi connectivity index (χ0) is 22.7. The van der Waals surface area contributed by atoms with Crippen molar-refractivity contribution in [3.05, 3.63) is 88.9 Å². The zero-order valence-electron chi connectivity index (χ0n) is 17.2. The van der Waals surface area contributed by atoms with Crippen LogP contribution in [0.3, 0.4) is 0 Å². The van der Waals surface area contributed by atoms with Crippen LogP contribution in [0.5, 0.6) is 5.75 Å². The first-order valence-corrected chi connectivity index (χ1v) is 11.7. The van der Waals surface area contributed by atoms with Crippen LogP contribution in [-0.2, 0) is 6.42 Å². The molecular formula is C25H25ClO5S. The van der Waals surface area contributed by atoms with Crippen LogP contribution in [0, 0.1) is 0 Å². The predicted octanol–water partition coefficient (Wildman–Crippen LogP) is 3.49. The van der Waals surface area contributed by atoms with Gasteiger partial charge in [0.15, 0.2) is 5.44 Å². The van der Waals surface area contributed by atoms with Gasteiger partial charge in [-0.05, 0) is 34.9 Å². The fraction of sp³-hybridized carbons (Fsp3) is 0.280. The average Bonchev–Trinajstić information content (AvgIpc) is 2.82. The molecule has 3 aromatic carbocycles. The SMILES string of the molecule is OCC1SC(Oc2ccc(Cl)cc2Cc2ccc(-c3ccccc3)cc2)C(O)C(O)C1O. The van der Waals surface area contributed by atoms with Gasteiger partial charge >= 0.3 is 0 Å². The Labute approximate surface area is 196 Å². The Hall–Kier alpha value is -2.06. The molecule has 1 aliphatic rings. The molecule has 5 nitrogen and oxygen atoms in total. The van der Waals surface area contributed by atoms with E-state index in [0.29, 0.717) is 17.2 Å². The van der Waals surface area contributed by atoms with Crippen molar-refractivity contribution in [3.63, 3.8) is 0 Å². The summed E-state index contributed by atoms with van der Waals surface area (Å²) in [5.74, 6) is 0.526. The lowest BCUT2D eigenvalue weighted by Gasteiger charge is -2.39. The molecule has 0 saturated carbocycles. The number of benzene rings is 3. The summed E-state index contributed by atoms with van der Waals surface area (Å²) in [5, 5.41) is 40.0. The van der Waals surface area contributed by atoms with Crippen molar-refractivity contribution in [2.45, 2.75) is 35.4 Å². The summed E-state index contributed by atoms with van der Waals surface area (Å²) in [7, 11) is 0. The molecule has 1 fully saturated rings. The van der Waals surface area contributed by atoms with E-state index in [2.05, 4.69) is 36.4 Å². The van der Waals surface area contributed by atoms with Gasteiger partial charge in [0.05, 0.1) is 18.0 Å². The summed E-state index contributed by atoms with van der Waals surface area (Å²) in [6.07, 6.45) is -3.37. The third kappa shape index (κ3) is 5.12. The number of ether oxygens (including phenoxy) is 1. The molecule has 5 atom stereocenters. The van der Waals surface area contributed by atoms with E-state index in [1.807, 2.05) is 24.3 Å². The molecule has 0 amide bonds. The summed E-state index contributed by atoms with van der Waals surface area (Å²) in [6, 6.07) is 23.6. The highest BCUT2D eigenvalue weighted by Crippen LogP contribution is 2.36. The largest absolute Gasteiger partial charge is 0.477 e. The summed E-state index contributed by atoms with van der Waals surface area (Å²) < 4.78 is 6.04. The summed E-state index contributed by atoms with van der Waals surface area (Å²) in [6.45, 7) is -0.337. The maximum atomic E-state index is 10.4. The summed E-state index contributed by atoms with van der Waals surface area (Å²) in [5.41, 5.74) is 3.33. The maximum absolute atomic E-state index is 10.4. The minimum Gasteiger partial charge on any atom is -0.477 e. The van der Waals surface area contributed by atoms with Gasteiger partial charge in [-0.3, -0.25) is 0 Å². The van der Waals surface area contributed by atoms with Crippen molar-refractivity contribution in [3.8, 4) is 16.9 Å². The smallest absolute Gasteiger partial charge is 0.173 e. The lowest BCUT2D eigenvalue weighted by Crippen LogP contribution is -2.55. The molecule has 0 aliphatic carbocycles. The number of halogens is 1. The van der Waals surface area contributed by atoms with Crippen LogP contribution in [0.2, 0.25) is 5.02 Å². The van der Waals surface area contributed by atoms with Crippen LogP contribution in [0.25, 0.3) is 11.1 Å². The first-order valence-electron chi connectivity index (χ1n) is 10.4. The highest BCUT2D eigenvalue weighted by Gasteiger charge is 2.44. The first-order chi connectivity index (χ1) is 15.5. The highest BCUT2D eigenvalue weighted by atomic mass is 35.5. The van der Waals surface area contributed by atoms with Gasteiger partial charge in [0.25, 0.3) is 0 Å². The molecule has 0 bridgehead atoms. The summed E-state index contributed by atoms with van der Waals surface area (Å²) >= 11 is 7.33. The van der Waals surface area contributed by atoms with E-state index in [9.17, 15) is 20.4 Å². The normalized spacial score (nSPS) is 25.5. The minimum absolute atomic E-state index is 0.337. The van der Waals surface area contributed by atoms with Crippen LogP contribution in [-0.4, -0.2) is 56.0 Å². The Kier molecular flexibility index (Phi) is 7.40. The number of aliphatic hydroxyl groups excluding tert-OH is 4. The second kappa shape index (κ2) is 10.3. The predicted molar refractivity (Wildman–Crippen MR) is 127 cm³/mol. The van der Waals surface area contributed by atoms with E-state index in [1.54, 1.807) is 12.1 Å². The molecule has 3 aromatic rings. The molecule has 4 rings (SSSR count). The van der Waals surface area contributed by atoms with Gasteiger partial charge < -0.3 is 25.2 Å². The third-order valence-electron chi connectivity index (χ3n) is 5.57. The van der Waals surface area contributed by atoms with E-state index in [-0.39, 0.29) is 6.61 Å². The molecule has 32 heavy (non-hydrogen) atoms. The van der Waals surface area contributed by atoms with Gasteiger partial charge in [-0.1, -0.05) is 66.2 Å². The van der Waals surface area contributed by atoms with Gasteiger partial charge in [0, 0.05) is 17.0 Å². The Balaban J connectivity index is 1.54. The lowest BCUT2D eigenvalue weighted by atomic mass is 10.00.